The molecular weight excluding hydrogens is 212 g/mol. The number of hydrogen-bond donors (Lipinski definition) is 0. The molecule has 0 fully saturated rings. The highest BCUT2D eigenvalue weighted by atomic mass is 32.2. The van der Waals surface area contributed by atoms with Crippen molar-refractivity contribution in [1.29, 1.82) is 0 Å². The van der Waals surface area contributed by atoms with E-state index in [0.717, 1.165) is 27.7 Å². The van der Waals surface area contributed by atoms with Gasteiger partial charge in [-0.15, -0.1) is 0 Å². The van der Waals surface area contributed by atoms with Gasteiger partial charge in [0.2, 0.25) is 0 Å². The Balaban J connectivity index is 2.51. The Hall–Kier alpha value is -1.07. The normalized spacial score (nSPS) is 10.8. The van der Waals surface area contributed by atoms with Crippen LogP contribution < -0.4 is 5.26 Å². The molecule has 2 aromatic carbocycles. The van der Waals surface area contributed by atoms with Crippen molar-refractivity contribution in [3.8, 4) is 0 Å². The molecule has 0 aliphatic heterocycles. The Morgan fingerprint density at radius 1 is 1.07 bits per heavy atom. The molecule has 0 aromatic heterocycles. The van der Waals surface area contributed by atoms with Crippen molar-refractivity contribution < 1.29 is 14.6 Å². The average molecular weight is 221 g/mol. The summed E-state index contributed by atoms with van der Waals surface area (Å²) in [6, 6.07) is 11.8. The summed E-state index contributed by atoms with van der Waals surface area (Å²) >= 11 is 0.924. The molecule has 0 spiro atoms. The zero-order valence-electron chi connectivity index (χ0n) is 8.10. The predicted octanol–water partition coefficient (Wildman–Crippen LogP) is 2.38. The molecule has 2 rings (SSSR count). The third-order valence-electron chi connectivity index (χ3n) is 2.25. The first-order valence-corrected chi connectivity index (χ1v) is 5.18. The summed E-state index contributed by atoms with van der Waals surface area (Å²) in [4.78, 5) is 0.868. The molecule has 0 unspecified atom stereocenters. The van der Waals surface area contributed by atoms with Crippen LogP contribution in [0.15, 0.2) is 41.3 Å². The van der Waals surface area contributed by atoms with Crippen molar-refractivity contribution in [3.63, 3.8) is 0 Å². The van der Waals surface area contributed by atoms with E-state index in [-0.39, 0.29) is 0 Å². The summed E-state index contributed by atoms with van der Waals surface area (Å²) in [7, 11) is 0. The van der Waals surface area contributed by atoms with Crippen LogP contribution in [0.1, 0.15) is 5.56 Å². The number of hydrogen-bond acceptors (Lipinski definition) is 4. The molecule has 0 heterocycles. The van der Waals surface area contributed by atoms with Crippen LogP contribution in [0.5, 0.6) is 0 Å². The van der Waals surface area contributed by atoms with E-state index in [1.54, 1.807) is 0 Å². The van der Waals surface area contributed by atoms with Gasteiger partial charge in [-0.25, -0.2) is 0 Å². The molecule has 15 heavy (non-hydrogen) atoms. The van der Waals surface area contributed by atoms with Crippen LogP contribution in [-0.4, -0.2) is 0 Å². The van der Waals surface area contributed by atoms with Crippen LogP contribution in [0.25, 0.3) is 10.8 Å². The summed E-state index contributed by atoms with van der Waals surface area (Å²) in [5.74, 6) is 0. The van der Waals surface area contributed by atoms with Crippen LogP contribution in [0, 0.1) is 6.92 Å². The van der Waals surface area contributed by atoms with Gasteiger partial charge in [0, 0.05) is 4.90 Å². The molecule has 3 nitrogen and oxygen atoms in total. The smallest absolute Gasteiger partial charge is 0.0680 e. The number of fused-ring (bicyclic) bond motifs is 1. The maximum Gasteiger partial charge on any atom is 0.0680 e. The first-order valence-electron chi connectivity index (χ1n) is 4.44. The lowest BCUT2D eigenvalue weighted by Gasteiger charge is -2.08. The Bertz CT molecular complexity index is 470. The molecule has 0 aliphatic rings. The minimum atomic E-state index is 0.868. The van der Waals surface area contributed by atoms with Gasteiger partial charge in [-0.05, 0) is 29.3 Å². The van der Waals surface area contributed by atoms with Gasteiger partial charge in [0.05, 0.1) is 12.0 Å². The Morgan fingerprint density at radius 3 is 2.53 bits per heavy atom. The minimum Gasteiger partial charge on any atom is -0.691 e. The van der Waals surface area contributed by atoms with Crippen LogP contribution in [0.4, 0.5) is 0 Å². The predicted molar refractivity (Wildman–Crippen MR) is 56.7 cm³/mol. The lowest BCUT2D eigenvalue weighted by atomic mass is 10.1. The number of benzene rings is 2. The van der Waals surface area contributed by atoms with Gasteiger partial charge in [-0.3, -0.25) is 5.04 Å². The maximum absolute atomic E-state index is 9.76. The van der Waals surface area contributed by atoms with Gasteiger partial charge in [0.25, 0.3) is 0 Å². The van der Waals surface area contributed by atoms with E-state index in [1.807, 2.05) is 43.3 Å². The van der Waals surface area contributed by atoms with Crippen molar-refractivity contribution in [1.82, 2.24) is 0 Å². The van der Waals surface area contributed by atoms with E-state index in [2.05, 4.69) is 9.37 Å². The van der Waals surface area contributed by atoms with Crippen LogP contribution >= 0.6 is 12.0 Å². The van der Waals surface area contributed by atoms with E-state index < -0.39 is 0 Å². The summed E-state index contributed by atoms with van der Waals surface area (Å²) in [5, 5.41) is 15.3. The summed E-state index contributed by atoms with van der Waals surface area (Å²) < 4.78 is 4.33. The number of aryl methyl sites for hydroxylation is 1. The van der Waals surface area contributed by atoms with Crippen molar-refractivity contribution in [2.24, 2.45) is 0 Å². The molecule has 0 atom stereocenters. The summed E-state index contributed by atoms with van der Waals surface area (Å²) in [6.45, 7) is 2.04. The minimum absolute atomic E-state index is 0.868. The Labute approximate surface area is 91.7 Å². The molecule has 0 amide bonds. The van der Waals surface area contributed by atoms with E-state index in [0.29, 0.717) is 0 Å². The van der Waals surface area contributed by atoms with Gasteiger partial charge in [-0.1, -0.05) is 30.3 Å². The van der Waals surface area contributed by atoms with Gasteiger partial charge in [-0.2, -0.15) is 4.33 Å². The van der Waals surface area contributed by atoms with Crippen LogP contribution in [0.2, 0.25) is 0 Å². The van der Waals surface area contributed by atoms with Gasteiger partial charge < -0.3 is 5.26 Å². The molecule has 2 aromatic rings. The largest absolute Gasteiger partial charge is 0.691 e. The average Bonchev–Trinajstić information content (AvgIpc) is 2.29. The third-order valence-corrected chi connectivity index (χ3v) is 2.91. The molecule has 78 valence electrons. The van der Waals surface area contributed by atoms with Crippen molar-refractivity contribution in [3.05, 3.63) is 42.0 Å². The van der Waals surface area contributed by atoms with Gasteiger partial charge in [0.15, 0.2) is 0 Å². The monoisotopic (exact) mass is 221 g/mol. The second-order valence-corrected chi connectivity index (χ2v) is 3.89. The second kappa shape index (κ2) is 4.63. The van der Waals surface area contributed by atoms with Crippen molar-refractivity contribution >= 4 is 22.8 Å². The fourth-order valence-electron chi connectivity index (χ4n) is 1.55. The first-order chi connectivity index (χ1) is 7.33. The van der Waals surface area contributed by atoms with Crippen molar-refractivity contribution in [2.75, 3.05) is 0 Å². The van der Waals surface area contributed by atoms with E-state index >= 15 is 0 Å². The fourth-order valence-corrected chi connectivity index (χ4v) is 2.04. The summed E-state index contributed by atoms with van der Waals surface area (Å²) in [6.07, 6.45) is 0. The van der Waals surface area contributed by atoms with E-state index in [4.69, 9.17) is 0 Å². The SMILES string of the molecule is Cc1ccc(SOO[O-])c2ccccc12. The molecule has 0 radical (unpaired) electrons. The molecule has 0 aliphatic carbocycles. The maximum atomic E-state index is 9.76. The highest BCUT2D eigenvalue weighted by Gasteiger charge is 2.03. The molecular formula is C11H9O3S-. The molecule has 0 saturated carbocycles. The molecule has 0 bridgehead atoms. The Morgan fingerprint density at radius 2 is 1.80 bits per heavy atom. The highest BCUT2D eigenvalue weighted by molar-refractivity contribution is 7.94. The molecule has 0 saturated heterocycles. The Kier molecular flexibility index (Phi) is 3.23. The topological polar surface area (TPSA) is 41.5 Å². The second-order valence-electron chi connectivity index (χ2n) is 3.15. The quantitative estimate of drug-likeness (QED) is 0.453. The zero-order chi connectivity index (χ0) is 10.7. The first kappa shape index (κ1) is 10.4. The molecule has 4 heteroatoms. The lowest BCUT2D eigenvalue weighted by Crippen LogP contribution is -2.00. The third kappa shape index (κ3) is 2.13. The van der Waals surface area contributed by atoms with Crippen molar-refractivity contribution in [2.45, 2.75) is 11.8 Å². The van der Waals surface area contributed by atoms with Crippen LogP contribution in [-0.2, 0) is 9.37 Å². The van der Waals surface area contributed by atoms with E-state index in [9.17, 15) is 5.26 Å². The van der Waals surface area contributed by atoms with E-state index in [1.165, 1.54) is 5.56 Å². The lowest BCUT2D eigenvalue weighted by molar-refractivity contribution is -0.777. The van der Waals surface area contributed by atoms with Crippen LogP contribution in [0.3, 0.4) is 0 Å². The van der Waals surface area contributed by atoms with Gasteiger partial charge in [0.1, 0.15) is 0 Å². The summed E-state index contributed by atoms with van der Waals surface area (Å²) in [5.41, 5.74) is 1.19. The fraction of sp³-hybridized carbons (Fsp3) is 0.0909. The molecule has 0 N–H and O–H groups in total. The van der Waals surface area contributed by atoms with Gasteiger partial charge >= 0.3 is 0 Å². The zero-order valence-corrected chi connectivity index (χ0v) is 8.91. The number of rotatable bonds is 3. The standard InChI is InChI=1S/C11H10O3S/c1-8-6-7-11(15-14-13-12)10-5-3-2-4-9(8)10/h2-7,12H,1H3/p-1. The highest BCUT2D eigenvalue weighted by Crippen LogP contribution is 2.30.